The Morgan fingerprint density at radius 1 is 0.833 bits per heavy atom. The lowest BCUT2D eigenvalue weighted by Crippen LogP contribution is -2.41. The van der Waals surface area contributed by atoms with Crippen LogP contribution in [0.4, 0.5) is 0 Å². The summed E-state index contributed by atoms with van der Waals surface area (Å²) in [7, 11) is 0. The summed E-state index contributed by atoms with van der Waals surface area (Å²) < 4.78 is 5.69. The first-order valence-corrected chi connectivity index (χ1v) is 10.7. The molecule has 2 saturated heterocycles. The van der Waals surface area contributed by atoms with Gasteiger partial charge in [-0.3, -0.25) is 14.5 Å². The fourth-order valence-electron chi connectivity index (χ4n) is 3.95. The topological polar surface area (TPSA) is 66.0 Å². The standard InChI is InChI=1S/C23H28N4O3/c28-22(26-12-4-5-13-26)18-25-11-6-14-27(16-15-25)23(29)19-9-10-21(24-17-19)30-20-7-2-1-3-8-20/h1-3,7-10,17H,4-6,11-16,18H2. The van der Waals surface area contributed by atoms with Crippen LogP contribution >= 0.6 is 0 Å². The van der Waals surface area contributed by atoms with E-state index in [2.05, 4.69) is 9.88 Å². The average molecular weight is 409 g/mol. The van der Waals surface area contributed by atoms with Crippen molar-refractivity contribution in [3.8, 4) is 11.6 Å². The number of para-hydroxylation sites is 1. The summed E-state index contributed by atoms with van der Waals surface area (Å²) in [5.74, 6) is 1.35. The Bertz CT molecular complexity index is 851. The highest BCUT2D eigenvalue weighted by Gasteiger charge is 2.24. The molecule has 0 N–H and O–H groups in total. The van der Waals surface area contributed by atoms with Crippen LogP contribution in [0.5, 0.6) is 11.6 Å². The smallest absolute Gasteiger partial charge is 0.255 e. The van der Waals surface area contributed by atoms with Gasteiger partial charge < -0.3 is 14.5 Å². The fraction of sp³-hybridized carbons (Fsp3) is 0.435. The van der Waals surface area contributed by atoms with E-state index in [4.69, 9.17) is 4.74 Å². The Kier molecular flexibility index (Phi) is 6.59. The van der Waals surface area contributed by atoms with Crippen LogP contribution in [0.25, 0.3) is 0 Å². The van der Waals surface area contributed by atoms with Gasteiger partial charge in [-0.15, -0.1) is 0 Å². The Labute approximate surface area is 177 Å². The molecule has 158 valence electrons. The van der Waals surface area contributed by atoms with Crippen LogP contribution in [-0.2, 0) is 4.79 Å². The van der Waals surface area contributed by atoms with Crippen LogP contribution in [0.3, 0.4) is 0 Å². The van der Waals surface area contributed by atoms with Gasteiger partial charge in [-0.25, -0.2) is 4.98 Å². The van der Waals surface area contributed by atoms with E-state index in [1.807, 2.05) is 40.1 Å². The first kappa shape index (κ1) is 20.3. The third-order valence-corrected chi connectivity index (χ3v) is 5.64. The number of pyridine rings is 1. The number of nitrogens with zero attached hydrogens (tertiary/aromatic N) is 4. The molecule has 0 spiro atoms. The molecule has 0 aliphatic carbocycles. The first-order valence-electron chi connectivity index (χ1n) is 10.7. The van der Waals surface area contributed by atoms with E-state index in [1.165, 1.54) is 0 Å². The molecule has 2 fully saturated rings. The van der Waals surface area contributed by atoms with Crippen molar-refractivity contribution in [1.29, 1.82) is 0 Å². The zero-order valence-corrected chi connectivity index (χ0v) is 17.2. The van der Waals surface area contributed by atoms with E-state index >= 15 is 0 Å². The molecule has 7 nitrogen and oxygen atoms in total. The summed E-state index contributed by atoms with van der Waals surface area (Å²) in [4.78, 5) is 35.6. The maximum Gasteiger partial charge on any atom is 0.255 e. The number of hydrogen-bond donors (Lipinski definition) is 0. The van der Waals surface area contributed by atoms with E-state index in [0.717, 1.165) is 38.9 Å². The maximum absolute atomic E-state index is 12.9. The molecule has 0 saturated carbocycles. The van der Waals surface area contributed by atoms with E-state index in [0.29, 0.717) is 43.4 Å². The van der Waals surface area contributed by atoms with Gasteiger partial charge in [-0.1, -0.05) is 18.2 Å². The van der Waals surface area contributed by atoms with Gasteiger partial charge in [0.25, 0.3) is 5.91 Å². The third-order valence-electron chi connectivity index (χ3n) is 5.64. The van der Waals surface area contributed by atoms with Gasteiger partial charge in [0.15, 0.2) is 0 Å². The number of ether oxygens (including phenoxy) is 1. The lowest BCUT2D eigenvalue weighted by atomic mass is 10.2. The number of amides is 2. The second-order valence-corrected chi connectivity index (χ2v) is 7.81. The SMILES string of the molecule is O=C(CN1CCCN(C(=O)c2ccc(Oc3ccccc3)nc2)CC1)N1CCCC1. The summed E-state index contributed by atoms with van der Waals surface area (Å²) in [6.45, 7) is 5.08. The molecule has 30 heavy (non-hydrogen) atoms. The molecule has 7 heteroatoms. The van der Waals surface area contributed by atoms with Gasteiger partial charge in [0, 0.05) is 51.5 Å². The monoisotopic (exact) mass is 408 g/mol. The van der Waals surface area contributed by atoms with Crippen molar-refractivity contribution >= 4 is 11.8 Å². The van der Waals surface area contributed by atoms with Gasteiger partial charge in [0.05, 0.1) is 12.1 Å². The van der Waals surface area contributed by atoms with Crippen molar-refractivity contribution in [2.75, 3.05) is 45.8 Å². The second-order valence-electron chi connectivity index (χ2n) is 7.81. The van der Waals surface area contributed by atoms with Gasteiger partial charge >= 0.3 is 0 Å². The van der Waals surface area contributed by atoms with Gasteiger partial charge in [-0.05, 0) is 37.5 Å². The molecule has 2 aliphatic heterocycles. The number of carbonyl (C=O) groups excluding carboxylic acids is 2. The van der Waals surface area contributed by atoms with Crippen LogP contribution in [-0.4, -0.2) is 77.3 Å². The van der Waals surface area contributed by atoms with E-state index in [1.54, 1.807) is 18.3 Å². The van der Waals surface area contributed by atoms with Gasteiger partial charge in [-0.2, -0.15) is 0 Å². The maximum atomic E-state index is 12.9. The van der Waals surface area contributed by atoms with Crippen molar-refractivity contribution in [3.63, 3.8) is 0 Å². The molecular formula is C23H28N4O3. The van der Waals surface area contributed by atoms with Gasteiger partial charge in [0.2, 0.25) is 11.8 Å². The number of benzene rings is 1. The normalized spacial score (nSPS) is 17.6. The van der Waals surface area contributed by atoms with Crippen molar-refractivity contribution < 1.29 is 14.3 Å². The number of aromatic nitrogens is 1. The fourth-order valence-corrected chi connectivity index (χ4v) is 3.95. The predicted molar refractivity (Wildman–Crippen MR) is 114 cm³/mol. The Morgan fingerprint density at radius 3 is 2.33 bits per heavy atom. The summed E-state index contributed by atoms with van der Waals surface area (Å²) >= 11 is 0. The molecular weight excluding hydrogens is 380 g/mol. The van der Waals surface area contributed by atoms with Gasteiger partial charge in [0.1, 0.15) is 5.75 Å². The van der Waals surface area contributed by atoms with Crippen molar-refractivity contribution in [2.45, 2.75) is 19.3 Å². The zero-order valence-electron chi connectivity index (χ0n) is 17.2. The van der Waals surface area contributed by atoms with Crippen molar-refractivity contribution in [2.24, 2.45) is 0 Å². The van der Waals surface area contributed by atoms with Crippen LogP contribution < -0.4 is 4.74 Å². The van der Waals surface area contributed by atoms with E-state index < -0.39 is 0 Å². The van der Waals surface area contributed by atoms with Crippen LogP contribution in [0.2, 0.25) is 0 Å². The Balaban J connectivity index is 1.30. The van der Waals surface area contributed by atoms with Crippen molar-refractivity contribution in [3.05, 3.63) is 54.2 Å². The summed E-state index contributed by atoms with van der Waals surface area (Å²) in [6, 6.07) is 12.9. The van der Waals surface area contributed by atoms with Crippen LogP contribution in [0, 0.1) is 0 Å². The molecule has 0 atom stereocenters. The molecule has 1 aromatic heterocycles. The molecule has 0 unspecified atom stereocenters. The first-order chi connectivity index (χ1) is 14.7. The lowest BCUT2D eigenvalue weighted by Gasteiger charge is -2.24. The number of carbonyl (C=O) groups is 2. The predicted octanol–water partition coefficient (Wildman–Crippen LogP) is 2.64. The number of hydrogen-bond acceptors (Lipinski definition) is 5. The van der Waals surface area contributed by atoms with Crippen LogP contribution in [0.1, 0.15) is 29.6 Å². The summed E-state index contributed by atoms with van der Waals surface area (Å²) in [5.41, 5.74) is 0.553. The number of rotatable bonds is 5. The molecule has 2 aliphatic rings. The minimum absolute atomic E-state index is 0.0264. The molecule has 0 radical (unpaired) electrons. The average Bonchev–Trinajstić information content (AvgIpc) is 3.22. The third kappa shape index (κ3) is 5.16. The zero-order chi connectivity index (χ0) is 20.8. The molecule has 2 aromatic rings. The van der Waals surface area contributed by atoms with E-state index in [9.17, 15) is 9.59 Å². The molecule has 1 aromatic carbocycles. The largest absolute Gasteiger partial charge is 0.439 e. The highest BCUT2D eigenvalue weighted by molar-refractivity contribution is 5.94. The lowest BCUT2D eigenvalue weighted by molar-refractivity contribution is -0.131. The van der Waals surface area contributed by atoms with Crippen LogP contribution in [0.15, 0.2) is 48.7 Å². The second kappa shape index (κ2) is 9.71. The summed E-state index contributed by atoms with van der Waals surface area (Å²) in [6.07, 6.45) is 4.65. The van der Waals surface area contributed by atoms with E-state index in [-0.39, 0.29) is 11.8 Å². The Hall–Kier alpha value is -2.93. The molecule has 0 bridgehead atoms. The molecule has 4 rings (SSSR count). The quantitative estimate of drug-likeness (QED) is 0.761. The highest BCUT2D eigenvalue weighted by atomic mass is 16.5. The minimum Gasteiger partial charge on any atom is -0.439 e. The molecule has 2 amide bonds. The highest BCUT2D eigenvalue weighted by Crippen LogP contribution is 2.19. The number of likely N-dealkylation sites (tertiary alicyclic amines) is 1. The van der Waals surface area contributed by atoms with Crippen molar-refractivity contribution in [1.82, 2.24) is 19.7 Å². The Morgan fingerprint density at radius 2 is 1.60 bits per heavy atom. The minimum atomic E-state index is -0.0264. The molecule has 3 heterocycles. The summed E-state index contributed by atoms with van der Waals surface area (Å²) in [5, 5.41) is 0.